The van der Waals surface area contributed by atoms with Crippen LogP contribution in [0.1, 0.15) is 12.5 Å². The highest BCUT2D eigenvalue weighted by Crippen LogP contribution is 2.09. The van der Waals surface area contributed by atoms with Gasteiger partial charge in [-0.15, -0.1) is 0 Å². The third-order valence-electron chi connectivity index (χ3n) is 2.03. The predicted molar refractivity (Wildman–Crippen MR) is 62.6 cm³/mol. The summed E-state index contributed by atoms with van der Waals surface area (Å²) in [7, 11) is -3.07. The highest BCUT2D eigenvalue weighted by molar-refractivity contribution is 7.89. The Morgan fingerprint density at radius 2 is 1.87 bits per heavy atom. The van der Waals surface area contributed by atoms with Gasteiger partial charge < -0.3 is 0 Å². The molecule has 0 amide bonds. The second-order valence-corrected chi connectivity index (χ2v) is 5.71. The van der Waals surface area contributed by atoms with Crippen LogP contribution in [0, 0.1) is 0 Å². The average molecular weight is 248 g/mol. The summed E-state index contributed by atoms with van der Waals surface area (Å²) in [6.07, 6.45) is 0.677. The zero-order chi connectivity index (χ0) is 11.3. The molecule has 0 saturated carbocycles. The van der Waals surface area contributed by atoms with E-state index >= 15 is 0 Å². The lowest BCUT2D eigenvalue weighted by Crippen LogP contribution is -2.27. The Balaban J connectivity index is 2.42. The van der Waals surface area contributed by atoms with E-state index in [1.165, 1.54) is 0 Å². The van der Waals surface area contributed by atoms with E-state index in [0.29, 0.717) is 18.0 Å². The second kappa shape index (κ2) is 5.49. The molecule has 0 aliphatic carbocycles. The molecule has 3 nitrogen and oxygen atoms in total. The van der Waals surface area contributed by atoms with Crippen LogP contribution in [-0.2, 0) is 16.4 Å². The molecule has 0 unspecified atom stereocenters. The predicted octanol–water partition coefficient (Wildman–Crippen LogP) is 1.82. The quantitative estimate of drug-likeness (QED) is 0.863. The number of nitrogens with one attached hydrogen (secondary N) is 1. The van der Waals surface area contributed by atoms with Crippen molar-refractivity contribution in [1.29, 1.82) is 0 Å². The van der Waals surface area contributed by atoms with Crippen molar-refractivity contribution in [3.8, 4) is 0 Å². The molecule has 84 valence electrons. The molecular formula is C10H14ClNO2S. The number of hydrogen-bond acceptors (Lipinski definition) is 2. The minimum atomic E-state index is -3.07. The molecule has 15 heavy (non-hydrogen) atoms. The first-order valence-electron chi connectivity index (χ1n) is 4.75. The molecule has 1 rings (SSSR count). The number of benzene rings is 1. The molecule has 0 radical (unpaired) electrons. The minimum Gasteiger partial charge on any atom is -0.215 e. The Labute approximate surface area is 95.5 Å². The topological polar surface area (TPSA) is 46.2 Å². The Morgan fingerprint density at radius 3 is 2.40 bits per heavy atom. The fourth-order valence-electron chi connectivity index (χ4n) is 1.10. The van der Waals surface area contributed by atoms with Crippen LogP contribution in [0.25, 0.3) is 0 Å². The lowest BCUT2D eigenvalue weighted by atomic mass is 10.2. The number of rotatable bonds is 5. The van der Waals surface area contributed by atoms with E-state index in [4.69, 9.17) is 11.6 Å². The van der Waals surface area contributed by atoms with E-state index in [-0.39, 0.29) is 5.75 Å². The van der Waals surface area contributed by atoms with Gasteiger partial charge in [0.05, 0.1) is 5.75 Å². The largest absolute Gasteiger partial charge is 0.215 e. The molecule has 0 saturated heterocycles. The van der Waals surface area contributed by atoms with Crippen LogP contribution < -0.4 is 4.72 Å². The first-order valence-corrected chi connectivity index (χ1v) is 6.78. The first kappa shape index (κ1) is 12.5. The van der Waals surface area contributed by atoms with E-state index < -0.39 is 10.0 Å². The van der Waals surface area contributed by atoms with Crippen molar-refractivity contribution in [2.24, 2.45) is 0 Å². The summed E-state index contributed by atoms with van der Waals surface area (Å²) in [4.78, 5) is 0. The van der Waals surface area contributed by atoms with E-state index in [1.807, 2.05) is 12.1 Å². The van der Waals surface area contributed by atoms with E-state index in [2.05, 4.69) is 4.72 Å². The SMILES string of the molecule is CCS(=O)(=O)NCCc1ccc(Cl)cc1. The summed E-state index contributed by atoms with van der Waals surface area (Å²) in [6.45, 7) is 2.04. The van der Waals surface area contributed by atoms with Crippen LogP contribution in [0.3, 0.4) is 0 Å². The van der Waals surface area contributed by atoms with Gasteiger partial charge in [-0.25, -0.2) is 13.1 Å². The van der Waals surface area contributed by atoms with Crippen LogP contribution in [0.2, 0.25) is 5.02 Å². The van der Waals surface area contributed by atoms with Crippen LogP contribution >= 0.6 is 11.6 Å². The fraction of sp³-hybridized carbons (Fsp3) is 0.400. The van der Waals surface area contributed by atoms with Crippen LogP contribution in [-0.4, -0.2) is 20.7 Å². The van der Waals surface area contributed by atoms with Crippen LogP contribution in [0.15, 0.2) is 24.3 Å². The Bertz CT molecular complexity index is 400. The van der Waals surface area contributed by atoms with Crippen molar-refractivity contribution >= 4 is 21.6 Å². The molecule has 0 aliphatic heterocycles. The summed E-state index contributed by atoms with van der Waals surface area (Å²) >= 11 is 5.73. The normalized spacial score (nSPS) is 11.6. The monoisotopic (exact) mass is 247 g/mol. The lowest BCUT2D eigenvalue weighted by molar-refractivity contribution is 0.583. The zero-order valence-electron chi connectivity index (χ0n) is 8.53. The maximum Gasteiger partial charge on any atom is 0.211 e. The van der Waals surface area contributed by atoms with Crippen molar-refractivity contribution in [3.05, 3.63) is 34.9 Å². The number of halogens is 1. The average Bonchev–Trinajstić information content (AvgIpc) is 2.21. The van der Waals surface area contributed by atoms with Crippen molar-refractivity contribution in [1.82, 2.24) is 4.72 Å². The highest BCUT2D eigenvalue weighted by atomic mass is 35.5. The zero-order valence-corrected chi connectivity index (χ0v) is 10.1. The first-order chi connectivity index (χ1) is 7.03. The molecule has 1 aromatic carbocycles. The molecule has 0 aromatic heterocycles. The summed E-state index contributed by atoms with van der Waals surface area (Å²) in [5, 5.41) is 0.688. The Hall–Kier alpha value is -0.580. The third kappa shape index (κ3) is 4.64. The van der Waals surface area contributed by atoms with Gasteiger partial charge in [-0.3, -0.25) is 0 Å². The van der Waals surface area contributed by atoms with E-state index in [9.17, 15) is 8.42 Å². The molecule has 0 aliphatic rings. The van der Waals surface area contributed by atoms with Gasteiger partial charge in [0.1, 0.15) is 0 Å². The molecular weight excluding hydrogens is 234 g/mol. The summed E-state index contributed by atoms with van der Waals surface area (Å²) in [6, 6.07) is 7.38. The fourth-order valence-corrected chi connectivity index (χ4v) is 1.85. The van der Waals surface area contributed by atoms with Gasteiger partial charge in [0, 0.05) is 11.6 Å². The molecule has 5 heteroatoms. The van der Waals surface area contributed by atoms with Gasteiger partial charge in [-0.1, -0.05) is 23.7 Å². The van der Waals surface area contributed by atoms with Gasteiger partial charge in [0.2, 0.25) is 10.0 Å². The second-order valence-electron chi connectivity index (χ2n) is 3.17. The summed E-state index contributed by atoms with van der Waals surface area (Å²) in [5.74, 6) is 0.119. The van der Waals surface area contributed by atoms with Crippen molar-refractivity contribution in [2.45, 2.75) is 13.3 Å². The van der Waals surface area contributed by atoms with Crippen molar-refractivity contribution in [2.75, 3.05) is 12.3 Å². The highest BCUT2D eigenvalue weighted by Gasteiger charge is 2.04. The number of sulfonamides is 1. The van der Waals surface area contributed by atoms with E-state index in [0.717, 1.165) is 5.56 Å². The molecule has 0 bridgehead atoms. The van der Waals surface area contributed by atoms with Gasteiger partial charge in [0.15, 0.2) is 0 Å². The molecule has 1 N–H and O–H groups in total. The molecule has 0 fully saturated rings. The molecule has 0 atom stereocenters. The Kier molecular flexibility index (Phi) is 4.57. The smallest absolute Gasteiger partial charge is 0.211 e. The van der Waals surface area contributed by atoms with E-state index in [1.54, 1.807) is 19.1 Å². The van der Waals surface area contributed by atoms with Crippen molar-refractivity contribution < 1.29 is 8.42 Å². The minimum absolute atomic E-state index is 0.119. The molecule has 1 aromatic rings. The summed E-state index contributed by atoms with van der Waals surface area (Å²) in [5.41, 5.74) is 1.07. The summed E-state index contributed by atoms with van der Waals surface area (Å²) < 4.78 is 24.7. The molecule has 0 spiro atoms. The van der Waals surface area contributed by atoms with Gasteiger partial charge in [-0.05, 0) is 31.0 Å². The molecule has 0 heterocycles. The van der Waals surface area contributed by atoms with Gasteiger partial charge in [0.25, 0.3) is 0 Å². The standard InChI is InChI=1S/C10H14ClNO2S/c1-2-15(13,14)12-8-7-9-3-5-10(11)6-4-9/h3-6,12H,2,7-8H2,1H3. The number of hydrogen-bond donors (Lipinski definition) is 1. The van der Waals surface area contributed by atoms with Crippen LogP contribution in [0.5, 0.6) is 0 Å². The maximum atomic E-state index is 11.1. The maximum absolute atomic E-state index is 11.1. The van der Waals surface area contributed by atoms with Gasteiger partial charge in [-0.2, -0.15) is 0 Å². The third-order valence-corrected chi connectivity index (χ3v) is 3.68. The van der Waals surface area contributed by atoms with Crippen molar-refractivity contribution in [3.63, 3.8) is 0 Å². The Morgan fingerprint density at radius 1 is 1.27 bits per heavy atom. The lowest BCUT2D eigenvalue weighted by Gasteiger charge is -2.04. The van der Waals surface area contributed by atoms with Crippen LogP contribution in [0.4, 0.5) is 0 Å². The van der Waals surface area contributed by atoms with Gasteiger partial charge >= 0.3 is 0 Å².